The minimum Gasteiger partial charge on any atom is -0.263 e. The van der Waals surface area contributed by atoms with Crippen molar-refractivity contribution in [3.8, 4) is 0 Å². The van der Waals surface area contributed by atoms with Crippen LogP contribution in [0.15, 0.2) is 17.3 Å². The van der Waals surface area contributed by atoms with Crippen LogP contribution in [0.2, 0.25) is 0 Å². The fourth-order valence-electron chi connectivity index (χ4n) is 0.453. The summed E-state index contributed by atoms with van der Waals surface area (Å²) in [5, 5.41) is 0. The third-order valence-corrected chi connectivity index (χ3v) is 1.51. The molecule has 0 heterocycles. The fourth-order valence-corrected chi connectivity index (χ4v) is 0.453. The van der Waals surface area contributed by atoms with E-state index in [2.05, 4.69) is 32.3 Å². The fraction of sp³-hybridized carbons (Fsp3) is 0.667. The standard InChI is InChI=1S/C9H17N/c1-6-8(4)10-9(5)7(2)3/h7H,5-6H2,1-4H3/b10-8-. The maximum Gasteiger partial charge on any atom is 0.0356 e. The smallest absolute Gasteiger partial charge is 0.0356 e. The van der Waals surface area contributed by atoms with Crippen molar-refractivity contribution in [2.45, 2.75) is 34.1 Å². The van der Waals surface area contributed by atoms with E-state index in [1.807, 2.05) is 6.92 Å². The van der Waals surface area contributed by atoms with Gasteiger partial charge in [0.15, 0.2) is 0 Å². The van der Waals surface area contributed by atoms with Crippen molar-refractivity contribution in [2.75, 3.05) is 0 Å². The molecule has 0 aromatic rings. The highest BCUT2D eigenvalue weighted by atomic mass is 14.8. The number of allylic oxidation sites excluding steroid dienone is 1. The Morgan fingerprint density at radius 3 is 2.30 bits per heavy atom. The molecule has 0 radical (unpaired) electrons. The third kappa shape index (κ3) is 3.44. The van der Waals surface area contributed by atoms with Gasteiger partial charge in [-0.3, -0.25) is 4.99 Å². The molecule has 0 aromatic heterocycles. The minimum absolute atomic E-state index is 0.474. The maximum absolute atomic E-state index is 4.32. The van der Waals surface area contributed by atoms with Crippen molar-refractivity contribution >= 4 is 5.71 Å². The van der Waals surface area contributed by atoms with Crippen molar-refractivity contribution < 1.29 is 0 Å². The van der Waals surface area contributed by atoms with Crippen LogP contribution in [0.25, 0.3) is 0 Å². The van der Waals surface area contributed by atoms with Gasteiger partial charge in [-0.05, 0) is 19.3 Å². The lowest BCUT2D eigenvalue weighted by Crippen LogP contribution is -1.93. The molecule has 0 aliphatic carbocycles. The molecule has 0 bridgehead atoms. The van der Waals surface area contributed by atoms with Crippen molar-refractivity contribution in [2.24, 2.45) is 10.9 Å². The summed E-state index contributed by atoms with van der Waals surface area (Å²) in [6, 6.07) is 0. The van der Waals surface area contributed by atoms with Crippen LogP contribution in [0.4, 0.5) is 0 Å². The van der Waals surface area contributed by atoms with E-state index in [1.54, 1.807) is 0 Å². The Bertz CT molecular complexity index is 143. The van der Waals surface area contributed by atoms with Crippen LogP contribution in [0.3, 0.4) is 0 Å². The Labute approximate surface area is 63.9 Å². The zero-order chi connectivity index (χ0) is 8.15. The molecule has 0 amide bonds. The van der Waals surface area contributed by atoms with Gasteiger partial charge in [0.25, 0.3) is 0 Å². The first-order valence-corrected chi connectivity index (χ1v) is 3.80. The molecular weight excluding hydrogens is 122 g/mol. The summed E-state index contributed by atoms with van der Waals surface area (Å²) in [6.07, 6.45) is 1.02. The molecule has 1 nitrogen and oxygen atoms in total. The van der Waals surface area contributed by atoms with E-state index in [0.717, 1.165) is 12.1 Å². The lowest BCUT2D eigenvalue weighted by Gasteiger charge is -2.03. The first kappa shape index (κ1) is 9.41. The molecular formula is C9H17N. The highest BCUT2D eigenvalue weighted by Gasteiger charge is 1.96. The van der Waals surface area contributed by atoms with Gasteiger partial charge in [0, 0.05) is 11.4 Å². The first-order valence-electron chi connectivity index (χ1n) is 3.80. The van der Waals surface area contributed by atoms with Gasteiger partial charge in [0.2, 0.25) is 0 Å². The summed E-state index contributed by atoms with van der Waals surface area (Å²) in [5.41, 5.74) is 2.15. The number of rotatable bonds is 3. The second kappa shape index (κ2) is 4.26. The second-order valence-electron chi connectivity index (χ2n) is 2.85. The van der Waals surface area contributed by atoms with Crippen LogP contribution >= 0.6 is 0 Å². The van der Waals surface area contributed by atoms with Gasteiger partial charge in [0.05, 0.1) is 0 Å². The van der Waals surface area contributed by atoms with Crippen LogP contribution in [0.5, 0.6) is 0 Å². The van der Waals surface area contributed by atoms with Crippen LogP contribution in [-0.2, 0) is 0 Å². The molecule has 0 unspecified atom stereocenters. The van der Waals surface area contributed by atoms with Gasteiger partial charge in [0.1, 0.15) is 0 Å². The average molecular weight is 139 g/mol. The predicted octanol–water partition coefficient (Wildman–Crippen LogP) is 3.03. The highest BCUT2D eigenvalue weighted by molar-refractivity contribution is 5.82. The largest absolute Gasteiger partial charge is 0.263 e. The van der Waals surface area contributed by atoms with Gasteiger partial charge in [-0.2, -0.15) is 0 Å². The lowest BCUT2D eigenvalue weighted by molar-refractivity contribution is 0.761. The molecule has 0 saturated carbocycles. The molecule has 0 aliphatic heterocycles. The number of hydrogen-bond donors (Lipinski definition) is 0. The maximum atomic E-state index is 4.32. The molecule has 0 N–H and O–H groups in total. The first-order chi connectivity index (χ1) is 4.57. The molecule has 0 saturated heterocycles. The van der Waals surface area contributed by atoms with Gasteiger partial charge in [-0.1, -0.05) is 27.4 Å². The monoisotopic (exact) mass is 139 g/mol. The van der Waals surface area contributed by atoms with Gasteiger partial charge in [-0.25, -0.2) is 0 Å². The minimum atomic E-state index is 0.474. The Kier molecular flexibility index (Phi) is 4.01. The molecule has 58 valence electrons. The van der Waals surface area contributed by atoms with Crippen molar-refractivity contribution in [1.82, 2.24) is 0 Å². The Hall–Kier alpha value is -0.590. The van der Waals surface area contributed by atoms with E-state index in [-0.39, 0.29) is 0 Å². The zero-order valence-electron chi connectivity index (χ0n) is 7.44. The summed E-state index contributed by atoms with van der Waals surface area (Å²) < 4.78 is 0. The Morgan fingerprint density at radius 2 is 2.00 bits per heavy atom. The number of hydrogen-bond acceptors (Lipinski definition) is 1. The lowest BCUT2D eigenvalue weighted by atomic mass is 10.1. The normalized spacial score (nSPS) is 12.3. The molecule has 1 heteroatoms. The molecule has 0 aromatic carbocycles. The van der Waals surface area contributed by atoms with Crippen LogP contribution < -0.4 is 0 Å². The van der Waals surface area contributed by atoms with Crippen molar-refractivity contribution in [3.05, 3.63) is 12.3 Å². The topological polar surface area (TPSA) is 12.4 Å². The summed E-state index contributed by atoms with van der Waals surface area (Å²) in [6.45, 7) is 12.2. The summed E-state index contributed by atoms with van der Waals surface area (Å²) >= 11 is 0. The zero-order valence-corrected chi connectivity index (χ0v) is 7.44. The molecule has 0 fully saturated rings. The van der Waals surface area contributed by atoms with E-state index < -0.39 is 0 Å². The molecule has 10 heavy (non-hydrogen) atoms. The molecule has 0 rings (SSSR count). The predicted molar refractivity (Wildman–Crippen MR) is 47.4 cm³/mol. The average Bonchev–Trinajstić information content (AvgIpc) is 1.87. The van der Waals surface area contributed by atoms with Crippen molar-refractivity contribution in [1.29, 1.82) is 0 Å². The van der Waals surface area contributed by atoms with Crippen LogP contribution in [0.1, 0.15) is 34.1 Å². The highest BCUT2D eigenvalue weighted by Crippen LogP contribution is 2.08. The molecule has 0 aliphatic rings. The van der Waals surface area contributed by atoms with Crippen molar-refractivity contribution in [3.63, 3.8) is 0 Å². The van der Waals surface area contributed by atoms with Gasteiger partial charge < -0.3 is 0 Å². The quantitative estimate of drug-likeness (QED) is 0.533. The Morgan fingerprint density at radius 1 is 1.50 bits per heavy atom. The van der Waals surface area contributed by atoms with Gasteiger partial charge in [-0.15, -0.1) is 0 Å². The summed E-state index contributed by atoms with van der Waals surface area (Å²) in [5.74, 6) is 0.474. The molecule has 0 atom stereocenters. The van der Waals surface area contributed by atoms with Crippen LogP contribution in [-0.4, -0.2) is 5.71 Å². The molecule has 0 spiro atoms. The second-order valence-corrected chi connectivity index (χ2v) is 2.85. The van der Waals surface area contributed by atoms with E-state index in [0.29, 0.717) is 5.92 Å². The Balaban J connectivity index is 4.00. The number of aliphatic imine (C=N–C) groups is 1. The van der Waals surface area contributed by atoms with E-state index in [1.165, 1.54) is 5.71 Å². The van der Waals surface area contributed by atoms with E-state index in [9.17, 15) is 0 Å². The summed E-state index contributed by atoms with van der Waals surface area (Å²) in [4.78, 5) is 4.32. The SMILES string of the molecule is C=C(/N=C(/C)CC)C(C)C. The van der Waals surface area contributed by atoms with E-state index >= 15 is 0 Å². The summed E-state index contributed by atoms with van der Waals surface area (Å²) in [7, 11) is 0. The van der Waals surface area contributed by atoms with Crippen LogP contribution in [0, 0.1) is 5.92 Å². The number of nitrogens with zero attached hydrogens (tertiary/aromatic N) is 1. The van der Waals surface area contributed by atoms with Gasteiger partial charge >= 0.3 is 0 Å². The van der Waals surface area contributed by atoms with E-state index in [4.69, 9.17) is 0 Å². The third-order valence-electron chi connectivity index (χ3n) is 1.51.